The minimum Gasteiger partial charge on any atom is -0.358 e. The second-order valence-corrected chi connectivity index (χ2v) is 7.49. The fourth-order valence-corrected chi connectivity index (χ4v) is 3.76. The van der Waals surface area contributed by atoms with Gasteiger partial charge in [0, 0.05) is 34.1 Å². The molecule has 152 valence electrons. The monoisotopic (exact) mass is 407 g/mol. The van der Waals surface area contributed by atoms with Crippen molar-refractivity contribution in [3.05, 3.63) is 101 Å². The van der Waals surface area contributed by atoms with Gasteiger partial charge in [-0.2, -0.15) is 5.10 Å². The molecule has 0 atom stereocenters. The maximum atomic E-state index is 12.6. The van der Waals surface area contributed by atoms with Crippen molar-refractivity contribution < 1.29 is 4.79 Å². The van der Waals surface area contributed by atoms with E-state index in [9.17, 15) is 4.79 Å². The molecule has 0 unspecified atom stereocenters. The second kappa shape index (κ2) is 7.91. The average Bonchev–Trinajstić information content (AvgIpc) is 3.33. The van der Waals surface area contributed by atoms with E-state index in [1.807, 2.05) is 55.5 Å². The number of hydrazone groups is 1. The van der Waals surface area contributed by atoms with Crippen LogP contribution in [-0.2, 0) is 6.42 Å². The van der Waals surface area contributed by atoms with E-state index in [1.54, 1.807) is 18.3 Å². The molecule has 0 bridgehead atoms. The van der Waals surface area contributed by atoms with Crippen molar-refractivity contribution in [1.29, 1.82) is 0 Å². The van der Waals surface area contributed by atoms with Crippen LogP contribution in [0.4, 0.5) is 0 Å². The van der Waals surface area contributed by atoms with Crippen molar-refractivity contribution in [2.45, 2.75) is 13.3 Å². The van der Waals surface area contributed by atoms with Crippen molar-refractivity contribution in [1.82, 2.24) is 20.4 Å². The summed E-state index contributed by atoms with van der Waals surface area (Å²) in [6, 6.07) is 23.6. The largest absolute Gasteiger partial charge is 0.358 e. The Balaban J connectivity index is 1.32. The van der Waals surface area contributed by atoms with E-state index in [2.05, 4.69) is 37.6 Å². The summed E-state index contributed by atoms with van der Waals surface area (Å²) in [6.07, 6.45) is 2.39. The SMILES string of the molecule is Cc1[nH]c2ccccc2c1/C=N\NC(=O)c1ccc2nc(Cc3ccccc3)[nH]c2c1. The third-order valence-electron chi connectivity index (χ3n) is 5.31. The van der Waals surface area contributed by atoms with Crippen LogP contribution in [0.15, 0.2) is 77.9 Å². The van der Waals surface area contributed by atoms with Gasteiger partial charge in [0.25, 0.3) is 5.91 Å². The molecular formula is C25H21N5O. The molecule has 3 N–H and O–H groups in total. The molecule has 1 amide bonds. The van der Waals surface area contributed by atoms with Crippen molar-refractivity contribution in [2.24, 2.45) is 5.10 Å². The second-order valence-electron chi connectivity index (χ2n) is 7.49. The molecule has 6 nitrogen and oxygen atoms in total. The summed E-state index contributed by atoms with van der Waals surface area (Å²) in [7, 11) is 0. The molecule has 3 aromatic carbocycles. The molecule has 0 aliphatic carbocycles. The van der Waals surface area contributed by atoms with E-state index in [1.165, 1.54) is 5.56 Å². The van der Waals surface area contributed by atoms with Gasteiger partial charge in [0.1, 0.15) is 5.82 Å². The molecule has 0 aliphatic rings. The molecule has 6 heteroatoms. The number of nitrogens with zero attached hydrogens (tertiary/aromatic N) is 2. The molecule has 31 heavy (non-hydrogen) atoms. The van der Waals surface area contributed by atoms with Crippen LogP contribution < -0.4 is 5.43 Å². The van der Waals surface area contributed by atoms with E-state index >= 15 is 0 Å². The molecule has 5 rings (SSSR count). The van der Waals surface area contributed by atoms with Gasteiger partial charge in [0.2, 0.25) is 0 Å². The number of aromatic nitrogens is 3. The molecule has 0 fully saturated rings. The number of carbonyl (C=O) groups is 1. The highest BCUT2D eigenvalue weighted by molar-refractivity contribution is 6.02. The lowest BCUT2D eigenvalue weighted by Crippen LogP contribution is -2.17. The summed E-state index contributed by atoms with van der Waals surface area (Å²) >= 11 is 0. The number of H-pyrrole nitrogens is 2. The van der Waals surface area contributed by atoms with Crippen LogP contribution in [0.3, 0.4) is 0 Å². The lowest BCUT2D eigenvalue weighted by Gasteiger charge is -2.00. The van der Waals surface area contributed by atoms with Crippen molar-refractivity contribution in [3.63, 3.8) is 0 Å². The molecular weight excluding hydrogens is 386 g/mol. The van der Waals surface area contributed by atoms with Gasteiger partial charge in [-0.25, -0.2) is 10.4 Å². The number of aryl methyl sites for hydroxylation is 1. The smallest absolute Gasteiger partial charge is 0.271 e. The lowest BCUT2D eigenvalue weighted by molar-refractivity contribution is 0.0955. The van der Waals surface area contributed by atoms with E-state index in [0.29, 0.717) is 12.0 Å². The van der Waals surface area contributed by atoms with Crippen LogP contribution in [0.1, 0.15) is 33.0 Å². The van der Waals surface area contributed by atoms with Gasteiger partial charge in [-0.1, -0.05) is 48.5 Å². The highest BCUT2D eigenvalue weighted by atomic mass is 16.2. The van der Waals surface area contributed by atoms with Crippen molar-refractivity contribution >= 4 is 34.1 Å². The third kappa shape index (κ3) is 3.83. The first-order chi connectivity index (χ1) is 15.2. The number of rotatable bonds is 5. The van der Waals surface area contributed by atoms with Crippen LogP contribution in [0.2, 0.25) is 0 Å². The first kappa shape index (κ1) is 18.8. The van der Waals surface area contributed by atoms with Crippen LogP contribution >= 0.6 is 0 Å². The third-order valence-corrected chi connectivity index (χ3v) is 5.31. The van der Waals surface area contributed by atoms with Gasteiger partial charge in [-0.3, -0.25) is 4.79 Å². The number of benzene rings is 3. The summed E-state index contributed by atoms with van der Waals surface area (Å²) in [5, 5.41) is 5.24. The van der Waals surface area contributed by atoms with Crippen molar-refractivity contribution in [3.8, 4) is 0 Å². The fraction of sp³-hybridized carbons (Fsp3) is 0.0800. The number of aromatic amines is 2. The number of hydrogen-bond donors (Lipinski definition) is 3. The minimum atomic E-state index is -0.269. The van der Waals surface area contributed by atoms with Gasteiger partial charge in [0.15, 0.2) is 0 Å². The molecule has 0 radical (unpaired) electrons. The summed E-state index contributed by atoms with van der Waals surface area (Å²) in [5.41, 5.74) is 9.00. The minimum absolute atomic E-state index is 0.269. The first-order valence-electron chi connectivity index (χ1n) is 10.1. The number of hydrogen-bond acceptors (Lipinski definition) is 3. The van der Waals surface area contributed by atoms with Crippen LogP contribution in [0, 0.1) is 6.92 Å². The van der Waals surface area contributed by atoms with Gasteiger partial charge >= 0.3 is 0 Å². The normalized spacial score (nSPS) is 11.5. The number of amides is 1. The van der Waals surface area contributed by atoms with Crippen LogP contribution in [-0.4, -0.2) is 27.1 Å². The maximum absolute atomic E-state index is 12.6. The predicted octanol–water partition coefficient (Wildman–Crippen LogP) is 4.71. The Morgan fingerprint density at radius 2 is 1.81 bits per heavy atom. The number of imidazole rings is 1. The Hall–Kier alpha value is -4.19. The molecule has 2 aromatic heterocycles. The maximum Gasteiger partial charge on any atom is 0.271 e. The summed E-state index contributed by atoms with van der Waals surface area (Å²) in [4.78, 5) is 23.9. The number of carbonyl (C=O) groups excluding carboxylic acids is 1. The molecule has 2 heterocycles. The summed E-state index contributed by atoms with van der Waals surface area (Å²) < 4.78 is 0. The molecule has 0 saturated heterocycles. The molecule has 5 aromatic rings. The van der Waals surface area contributed by atoms with E-state index in [4.69, 9.17) is 0 Å². The first-order valence-corrected chi connectivity index (χ1v) is 10.1. The topological polar surface area (TPSA) is 85.9 Å². The number of para-hydroxylation sites is 1. The van der Waals surface area contributed by atoms with Crippen LogP contribution in [0.5, 0.6) is 0 Å². The molecule has 0 saturated carbocycles. The van der Waals surface area contributed by atoms with Crippen molar-refractivity contribution in [2.75, 3.05) is 0 Å². The van der Waals surface area contributed by atoms with E-state index in [0.717, 1.165) is 39.0 Å². The zero-order valence-electron chi connectivity index (χ0n) is 17.0. The Labute approximate surface area is 179 Å². The van der Waals surface area contributed by atoms with Gasteiger partial charge in [-0.05, 0) is 36.8 Å². The molecule has 0 aliphatic heterocycles. The summed E-state index contributed by atoms with van der Waals surface area (Å²) in [6.45, 7) is 1.99. The highest BCUT2D eigenvalue weighted by Crippen LogP contribution is 2.20. The Kier molecular flexibility index (Phi) is 4.80. The zero-order chi connectivity index (χ0) is 21.2. The van der Waals surface area contributed by atoms with E-state index in [-0.39, 0.29) is 5.91 Å². The Bertz CT molecular complexity index is 1410. The van der Waals surface area contributed by atoms with E-state index < -0.39 is 0 Å². The lowest BCUT2D eigenvalue weighted by atomic mass is 10.1. The van der Waals surface area contributed by atoms with Gasteiger partial charge < -0.3 is 9.97 Å². The Morgan fingerprint density at radius 3 is 2.68 bits per heavy atom. The summed E-state index contributed by atoms with van der Waals surface area (Å²) in [5.74, 6) is 0.599. The highest BCUT2D eigenvalue weighted by Gasteiger charge is 2.10. The van der Waals surface area contributed by atoms with Gasteiger partial charge in [0.05, 0.1) is 17.2 Å². The zero-order valence-corrected chi connectivity index (χ0v) is 17.0. The number of fused-ring (bicyclic) bond motifs is 2. The molecule has 0 spiro atoms. The fourth-order valence-electron chi connectivity index (χ4n) is 3.76. The quantitative estimate of drug-likeness (QED) is 0.291. The predicted molar refractivity (Wildman–Crippen MR) is 123 cm³/mol. The Morgan fingerprint density at radius 1 is 1.00 bits per heavy atom. The number of nitrogens with one attached hydrogen (secondary N) is 3. The van der Waals surface area contributed by atoms with Gasteiger partial charge in [-0.15, -0.1) is 0 Å². The standard InChI is InChI=1S/C25H21N5O/c1-16-20(19-9-5-6-10-21(19)27-16)15-26-30-25(31)18-11-12-22-23(14-18)29-24(28-22)13-17-7-3-2-4-8-17/h2-12,14-15,27H,13H2,1H3,(H,28,29)(H,30,31)/b26-15-. The average molecular weight is 407 g/mol. The van der Waals surface area contributed by atoms with Crippen LogP contribution in [0.25, 0.3) is 21.9 Å².